The number of hydrogen-bond donors (Lipinski definition) is 2. The van der Waals surface area contributed by atoms with Crippen LogP contribution in [0.15, 0.2) is 59.1 Å². The lowest BCUT2D eigenvalue weighted by atomic mass is 9.86. The molecule has 144 valence electrons. The molecule has 29 heavy (non-hydrogen) atoms. The Labute approximate surface area is 168 Å². The predicted octanol–water partition coefficient (Wildman–Crippen LogP) is 5.91. The smallest absolute Gasteiger partial charge is 0.196 e. The second kappa shape index (κ2) is 6.78. The lowest BCUT2D eigenvalue weighted by Gasteiger charge is -2.20. The van der Waals surface area contributed by atoms with Gasteiger partial charge in [-0.1, -0.05) is 48.5 Å². The highest BCUT2D eigenvalue weighted by Gasteiger charge is 2.32. The molecule has 0 fully saturated rings. The molecule has 4 aromatic rings. The Kier molecular flexibility index (Phi) is 4.09. The maximum Gasteiger partial charge on any atom is 0.196 e. The lowest BCUT2D eigenvalue weighted by Crippen LogP contribution is -2.12. The van der Waals surface area contributed by atoms with Crippen molar-refractivity contribution in [2.75, 3.05) is 17.2 Å². The van der Waals surface area contributed by atoms with Crippen LogP contribution in [0.3, 0.4) is 0 Å². The summed E-state index contributed by atoms with van der Waals surface area (Å²) in [4.78, 5) is 13.5. The molecule has 0 spiro atoms. The largest absolute Gasteiger partial charge is 0.383 e. The molecule has 3 aromatic carbocycles. The highest BCUT2D eigenvalue weighted by atomic mass is 16.5. The molecule has 0 unspecified atom stereocenters. The Bertz CT molecular complexity index is 1260. The number of anilines is 3. The first kappa shape index (κ1) is 17.5. The summed E-state index contributed by atoms with van der Waals surface area (Å²) in [5.41, 5.74) is 6.44. The minimum absolute atomic E-state index is 0.0153. The van der Waals surface area contributed by atoms with Crippen molar-refractivity contribution in [1.82, 2.24) is 5.16 Å². The van der Waals surface area contributed by atoms with Crippen LogP contribution in [-0.4, -0.2) is 17.5 Å². The number of hydrogen-bond acceptors (Lipinski definition) is 5. The van der Waals surface area contributed by atoms with Gasteiger partial charge >= 0.3 is 0 Å². The molecule has 1 heterocycles. The van der Waals surface area contributed by atoms with Gasteiger partial charge in [0.25, 0.3) is 0 Å². The first-order valence-corrected chi connectivity index (χ1v) is 9.85. The van der Waals surface area contributed by atoms with Crippen LogP contribution in [0, 0.1) is 6.92 Å². The third-order valence-corrected chi connectivity index (χ3v) is 5.26. The van der Waals surface area contributed by atoms with Crippen LogP contribution in [0.4, 0.5) is 17.1 Å². The Morgan fingerprint density at radius 1 is 1.00 bits per heavy atom. The quantitative estimate of drug-likeness (QED) is 0.395. The van der Waals surface area contributed by atoms with Gasteiger partial charge in [-0.3, -0.25) is 4.79 Å². The van der Waals surface area contributed by atoms with E-state index in [-0.39, 0.29) is 5.78 Å². The summed E-state index contributed by atoms with van der Waals surface area (Å²) in [7, 11) is 0. The molecule has 0 aliphatic heterocycles. The molecule has 5 heteroatoms. The second-order valence-corrected chi connectivity index (χ2v) is 7.38. The summed E-state index contributed by atoms with van der Waals surface area (Å²) < 4.78 is 5.75. The Morgan fingerprint density at radius 3 is 2.62 bits per heavy atom. The molecular weight excluding hydrogens is 362 g/mol. The standard InChI is InChI=1S/C24H21N3O2/c1-3-11-25-19-13-18(26-15-8-6-7-14(2)12-15)20-21-22(19)27-29-24(21)17-10-5-4-9-16(17)23(20)28/h4-10,12-13,25-26H,3,11H2,1-2H3. The number of benzene rings is 3. The fraction of sp³-hybridized carbons (Fsp3) is 0.167. The van der Waals surface area contributed by atoms with E-state index < -0.39 is 0 Å². The molecule has 0 saturated heterocycles. The number of rotatable bonds is 5. The fourth-order valence-corrected chi connectivity index (χ4v) is 3.93. The van der Waals surface area contributed by atoms with Crippen molar-refractivity contribution in [1.29, 1.82) is 0 Å². The summed E-state index contributed by atoms with van der Waals surface area (Å²) in [6, 6.07) is 17.6. The minimum Gasteiger partial charge on any atom is -0.383 e. The van der Waals surface area contributed by atoms with Crippen LogP contribution in [0.2, 0.25) is 0 Å². The molecule has 0 radical (unpaired) electrons. The first-order chi connectivity index (χ1) is 14.2. The Balaban J connectivity index is 1.77. The van der Waals surface area contributed by atoms with Gasteiger partial charge in [-0.15, -0.1) is 0 Å². The van der Waals surface area contributed by atoms with Crippen LogP contribution >= 0.6 is 0 Å². The van der Waals surface area contributed by atoms with Crippen molar-refractivity contribution in [2.24, 2.45) is 0 Å². The fourth-order valence-electron chi connectivity index (χ4n) is 3.93. The molecule has 0 amide bonds. The van der Waals surface area contributed by atoms with Gasteiger partial charge in [-0.05, 0) is 37.1 Å². The predicted molar refractivity (Wildman–Crippen MR) is 116 cm³/mol. The maximum atomic E-state index is 13.5. The van der Waals surface area contributed by atoms with Crippen LogP contribution < -0.4 is 10.6 Å². The molecule has 1 aliphatic carbocycles. The lowest BCUT2D eigenvalue weighted by molar-refractivity contribution is 0.104. The molecule has 2 N–H and O–H groups in total. The maximum absolute atomic E-state index is 13.5. The number of carbonyl (C=O) groups excluding carboxylic acids is 1. The van der Waals surface area contributed by atoms with E-state index in [1.165, 1.54) is 0 Å². The average molecular weight is 383 g/mol. The zero-order chi connectivity index (χ0) is 20.0. The number of carbonyl (C=O) groups is 1. The Hall–Kier alpha value is -3.60. The third-order valence-electron chi connectivity index (χ3n) is 5.26. The van der Waals surface area contributed by atoms with Crippen molar-refractivity contribution >= 4 is 33.7 Å². The van der Waals surface area contributed by atoms with Crippen molar-refractivity contribution in [3.8, 4) is 11.3 Å². The summed E-state index contributed by atoms with van der Waals surface area (Å²) in [5.74, 6) is 0.635. The van der Waals surface area contributed by atoms with Gasteiger partial charge < -0.3 is 15.2 Å². The van der Waals surface area contributed by atoms with E-state index in [4.69, 9.17) is 4.52 Å². The van der Waals surface area contributed by atoms with Gasteiger partial charge in [0, 0.05) is 23.4 Å². The number of fused-ring (bicyclic) bond motifs is 2. The van der Waals surface area contributed by atoms with E-state index in [0.29, 0.717) is 22.4 Å². The SMILES string of the molecule is CCCNc1cc(Nc2cccc(C)c2)c2c3c(onc13)-c1ccccc1C2=O. The van der Waals surface area contributed by atoms with E-state index in [2.05, 4.69) is 28.8 Å². The topological polar surface area (TPSA) is 67.2 Å². The minimum atomic E-state index is -0.0153. The molecule has 0 bridgehead atoms. The first-order valence-electron chi connectivity index (χ1n) is 9.85. The van der Waals surface area contributed by atoms with E-state index in [1.54, 1.807) is 0 Å². The number of aromatic nitrogens is 1. The normalized spacial score (nSPS) is 12.1. The summed E-state index contributed by atoms with van der Waals surface area (Å²) in [5, 5.41) is 12.0. The number of nitrogens with zero attached hydrogens (tertiary/aromatic N) is 1. The van der Waals surface area contributed by atoms with Crippen LogP contribution in [0.1, 0.15) is 34.8 Å². The van der Waals surface area contributed by atoms with E-state index in [1.807, 2.05) is 55.5 Å². The van der Waals surface area contributed by atoms with Gasteiger partial charge in [0.2, 0.25) is 0 Å². The van der Waals surface area contributed by atoms with Crippen molar-refractivity contribution in [2.45, 2.75) is 20.3 Å². The second-order valence-electron chi connectivity index (χ2n) is 7.38. The Morgan fingerprint density at radius 2 is 1.83 bits per heavy atom. The molecule has 0 atom stereocenters. The highest BCUT2D eigenvalue weighted by Crippen LogP contribution is 2.45. The average Bonchev–Trinajstić information content (AvgIpc) is 3.17. The number of aryl methyl sites for hydroxylation is 1. The van der Waals surface area contributed by atoms with Crippen LogP contribution in [0.5, 0.6) is 0 Å². The summed E-state index contributed by atoms with van der Waals surface area (Å²) >= 11 is 0. The molecule has 1 aromatic heterocycles. The van der Waals surface area contributed by atoms with E-state index in [0.717, 1.165) is 46.5 Å². The molecule has 0 saturated carbocycles. The number of ketones is 1. The van der Waals surface area contributed by atoms with Crippen molar-refractivity contribution in [3.05, 3.63) is 71.3 Å². The van der Waals surface area contributed by atoms with Gasteiger partial charge in [-0.2, -0.15) is 0 Å². The van der Waals surface area contributed by atoms with Crippen LogP contribution in [0.25, 0.3) is 22.2 Å². The highest BCUT2D eigenvalue weighted by molar-refractivity contribution is 6.28. The van der Waals surface area contributed by atoms with Gasteiger partial charge in [0.1, 0.15) is 5.52 Å². The molecule has 5 nitrogen and oxygen atoms in total. The molecule has 1 aliphatic rings. The zero-order valence-corrected chi connectivity index (χ0v) is 16.4. The molecular formula is C24H21N3O2. The van der Waals surface area contributed by atoms with Crippen LogP contribution in [-0.2, 0) is 0 Å². The van der Waals surface area contributed by atoms with Gasteiger partial charge in [-0.25, -0.2) is 0 Å². The third kappa shape index (κ3) is 2.78. The van der Waals surface area contributed by atoms with Crippen molar-refractivity contribution < 1.29 is 9.32 Å². The summed E-state index contributed by atoms with van der Waals surface area (Å²) in [6.07, 6.45) is 0.982. The molecule has 5 rings (SSSR count). The van der Waals surface area contributed by atoms with E-state index in [9.17, 15) is 4.79 Å². The summed E-state index contributed by atoms with van der Waals surface area (Å²) in [6.45, 7) is 4.97. The van der Waals surface area contributed by atoms with Gasteiger partial charge in [0.15, 0.2) is 11.5 Å². The van der Waals surface area contributed by atoms with Crippen molar-refractivity contribution in [3.63, 3.8) is 0 Å². The zero-order valence-electron chi connectivity index (χ0n) is 16.4. The van der Waals surface area contributed by atoms with Gasteiger partial charge in [0.05, 0.1) is 22.3 Å². The monoisotopic (exact) mass is 383 g/mol. The number of nitrogens with one attached hydrogen (secondary N) is 2. The van der Waals surface area contributed by atoms with E-state index >= 15 is 0 Å².